The van der Waals surface area contributed by atoms with E-state index in [4.69, 9.17) is 21.1 Å². The van der Waals surface area contributed by atoms with Crippen molar-refractivity contribution in [3.63, 3.8) is 0 Å². The van der Waals surface area contributed by atoms with Gasteiger partial charge in [-0.15, -0.1) is 0 Å². The number of hydrogen-bond acceptors (Lipinski definition) is 2. The van der Waals surface area contributed by atoms with Gasteiger partial charge < -0.3 is 9.47 Å². The first-order valence-corrected chi connectivity index (χ1v) is 4.62. The molecule has 0 aliphatic heterocycles. The fraction of sp³-hybridized carbons (Fsp3) is 0.400. The maximum absolute atomic E-state index is 13.0. The molecule has 0 amide bonds. The van der Waals surface area contributed by atoms with Crippen molar-refractivity contribution in [3.8, 4) is 5.75 Å². The third-order valence-corrected chi connectivity index (χ3v) is 1.94. The molecule has 1 aromatic rings. The first-order valence-electron chi connectivity index (χ1n) is 4.24. The van der Waals surface area contributed by atoms with Gasteiger partial charge in [0.25, 0.3) is 0 Å². The van der Waals surface area contributed by atoms with Gasteiger partial charge in [0.05, 0.1) is 11.6 Å². The molecule has 78 valence electrons. The van der Waals surface area contributed by atoms with Crippen molar-refractivity contribution < 1.29 is 13.9 Å². The fourth-order valence-corrected chi connectivity index (χ4v) is 1.17. The Hall–Kier alpha value is -0.800. The molecule has 0 spiro atoms. The monoisotopic (exact) mass is 218 g/mol. The van der Waals surface area contributed by atoms with Crippen LogP contribution in [0.3, 0.4) is 0 Å². The molecule has 1 atom stereocenters. The lowest BCUT2D eigenvalue weighted by molar-refractivity contribution is 0.0919. The van der Waals surface area contributed by atoms with Crippen LogP contribution in [-0.2, 0) is 4.74 Å². The standard InChI is InChI=1S/C10H12ClFO2/c1-7(6-13-2)14-8-3-4-9(11)10(12)5-8/h3-5,7H,6H2,1-2H3. The molecule has 0 heterocycles. The van der Waals surface area contributed by atoms with Crippen molar-refractivity contribution >= 4 is 11.6 Å². The van der Waals surface area contributed by atoms with E-state index in [2.05, 4.69) is 0 Å². The molecule has 0 aliphatic rings. The molecular formula is C10H12ClFO2. The molecule has 1 unspecified atom stereocenters. The maximum Gasteiger partial charge on any atom is 0.145 e. The number of benzene rings is 1. The summed E-state index contributed by atoms with van der Waals surface area (Å²) in [4.78, 5) is 0. The van der Waals surface area contributed by atoms with Crippen LogP contribution in [0.25, 0.3) is 0 Å². The van der Waals surface area contributed by atoms with E-state index in [0.717, 1.165) is 0 Å². The van der Waals surface area contributed by atoms with Crippen molar-refractivity contribution in [2.24, 2.45) is 0 Å². The third-order valence-electron chi connectivity index (χ3n) is 1.63. The van der Waals surface area contributed by atoms with E-state index in [1.54, 1.807) is 13.2 Å². The van der Waals surface area contributed by atoms with E-state index >= 15 is 0 Å². The van der Waals surface area contributed by atoms with Crippen LogP contribution in [0.15, 0.2) is 18.2 Å². The quantitative estimate of drug-likeness (QED) is 0.774. The predicted octanol–water partition coefficient (Wildman–Crippen LogP) is 2.89. The second kappa shape index (κ2) is 5.17. The number of rotatable bonds is 4. The number of halogens is 2. The Morgan fingerprint density at radius 2 is 2.21 bits per heavy atom. The Kier molecular flexibility index (Phi) is 4.17. The van der Waals surface area contributed by atoms with Crippen LogP contribution in [-0.4, -0.2) is 19.8 Å². The van der Waals surface area contributed by atoms with Crippen molar-refractivity contribution in [3.05, 3.63) is 29.0 Å². The third kappa shape index (κ3) is 3.16. The number of hydrogen-bond donors (Lipinski definition) is 0. The summed E-state index contributed by atoms with van der Waals surface area (Å²) in [6.07, 6.45) is -0.111. The van der Waals surface area contributed by atoms with Crippen LogP contribution in [0.1, 0.15) is 6.92 Å². The minimum atomic E-state index is -0.478. The molecule has 2 nitrogen and oxygen atoms in total. The van der Waals surface area contributed by atoms with Crippen molar-refractivity contribution in [2.45, 2.75) is 13.0 Å². The van der Waals surface area contributed by atoms with E-state index in [0.29, 0.717) is 12.4 Å². The average Bonchev–Trinajstić information content (AvgIpc) is 2.12. The molecule has 1 rings (SSSR count). The van der Waals surface area contributed by atoms with E-state index < -0.39 is 5.82 Å². The molecule has 0 bridgehead atoms. The van der Waals surface area contributed by atoms with Gasteiger partial charge in [-0.3, -0.25) is 0 Å². The van der Waals surface area contributed by atoms with Crippen molar-refractivity contribution in [2.75, 3.05) is 13.7 Å². The summed E-state index contributed by atoms with van der Waals surface area (Å²) in [6, 6.07) is 4.35. The largest absolute Gasteiger partial charge is 0.488 e. The number of ether oxygens (including phenoxy) is 2. The molecule has 0 aliphatic carbocycles. The highest BCUT2D eigenvalue weighted by Crippen LogP contribution is 2.21. The van der Waals surface area contributed by atoms with Gasteiger partial charge in [0.2, 0.25) is 0 Å². The fourth-order valence-electron chi connectivity index (χ4n) is 1.05. The molecule has 1 aromatic carbocycles. The Morgan fingerprint density at radius 1 is 1.50 bits per heavy atom. The topological polar surface area (TPSA) is 18.5 Å². The van der Waals surface area contributed by atoms with Gasteiger partial charge >= 0.3 is 0 Å². The normalized spacial score (nSPS) is 12.6. The summed E-state index contributed by atoms with van der Waals surface area (Å²) < 4.78 is 23.2. The van der Waals surface area contributed by atoms with Crippen LogP contribution in [0.4, 0.5) is 4.39 Å². The van der Waals surface area contributed by atoms with Gasteiger partial charge in [0.15, 0.2) is 0 Å². The molecule has 0 N–H and O–H groups in total. The van der Waals surface area contributed by atoms with E-state index in [1.165, 1.54) is 12.1 Å². The molecule has 0 fully saturated rings. The van der Waals surface area contributed by atoms with E-state index in [-0.39, 0.29) is 11.1 Å². The van der Waals surface area contributed by atoms with Gasteiger partial charge in [-0.05, 0) is 19.1 Å². The molecular weight excluding hydrogens is 207 g/mol. The zero-order valence-corrected chi connectivity index (χ0v) is 8.84. The highest BCUT2D eigenvalue weighted by Gasteiger charge is 2.05. The molecule has 0 aromatic heterocycles. The smallest absolute Gasteiger partial charge is 0.145 e. The van der Waals surface area contributed by atoms with Crippen LogP contribution < -0.4 is 4.74 Å². The lowest BCUT2D eigenvalue weighted by Gasteiger charge is -2.13. The summed E-state index contributed by atoms with van der Waals surface area (Å²) >= 11 is 5.52. The predicted molar refractivity (Wildman–Crippen MR) is 53.4 cm³/mol. The van der Waals surface area contributed by atoms with Crippen LogP contribution >= 0.6 is 11.6 Å². The second-order valence-corrected chi connectivity index (χ2v) is 3.37. The minimum absolute atomic E-state index is 0.0942. The molecule has 14 heavy (non-hydrogen) atoms. The van der Waals surface area contributed by atoms with Gasteiger partial charge in [0, 0.05) is 13.2 Å². The highest BCUT2D eigenvalue weighted by molar-refractivity contribution is 6.30. The molecule has 0 saturated heterocycles. The summed E-state index contributed by atoms with van der Waals surface area (Å²) in [7, 11) is 1.59. The van der Waals surface area contributed by atoms with E-state index in [9.17, 15) is 4.39 Å². The summed E-state index contributed by atoms with van der Waals surface area (Å²) in [5.74, 6) is -0.0229. The minimum Gasteiger partial charge on any atom is -0.488 e. The average molecular weight is 219 g/mol. The Balaban J connectivity index is 2.63. The Labute approximate surface area is 87.6 Å². The summed E-state index contributed by atoms with van der Waals surface area (Å²) in [5.41, 5.74) is 0. The molecule has 4 heteroatoms. The zero-order valence-electron chi connectivity index (χ0n) is 8.09. The lowest BCUT2D eigenvalue weighted by Crippen LogP contribution is -2.17. The van der Waals surface area contributed by atoms with E-state index in [1.807, 2.05) is 6.92 Å². The second-order valence-electron chi connectivity index (χ2n) is 2.96. The molecule has 0 saturated carbocycles. The van der Waals surface area contributed by atoms with Crippen LogP contribution in [0, 0.1) is 5.82 Å². The maximum atomic E-state index is 13.0. The van der Waals surface area contributed by atoms with Crippen LogP contribution in [0.2, 0.25) is 5.02 Å². The van der Waals surface area contributed by atoms with Gasteiger partial charge in [-0.1, -0.05) is 11.6 Å². The first-order chi connectivity index (χ1) is 6.63. The lowest BCUT2D eigenvalue weighted by atomic mass is 10.3. The van der Waals surface area contributed by atoms with Crippen molar-refractivity contribution in [1.82, 2.24) is 0 Å². The number of methoxy groups -OCH3 is 1. The first kappa shape index (κ1) is 11.3. The summed E-state index contributed by atoms with van der Waals surface area (Å²) in [5, 5.41) is 0.0942. The van der Waals surface area contributed by atoms with Gasteiger partial charge in [-0.25, -0.2) is 4.39 Å². The van der Waals surface area contributed by atoms with Gasteiger partial charge in [-0.2, -0.15) is 0 Å². The Bertz CT molecular complexity index is 304. The summed E-state index contributed by atoms with van der Waals surface area (Å²) in [6.45, 7) is 2.31. The Morgan fingerprint density at radius 3 is 2.79 bits per heavy atom. The van der Waals surface area contributed by atoms with Crippen LogP contribution in [0.5, 0.6) is 5.75 Å². The van der Waals surface area contributed by atoms with Crippen molar-refractivity contribution in [1.29, 1.82) is 0 Å². The SMILES string of the molecule is COCC(C)Oc1ccc(Cl)c(F)c1. The highest BCUT2D eigenvalue weighted by atomic mass is 35.5. The molecule has 0 radical (unpaired) electrons. The van der Waals surface area contributed by atoms with Gasteiger partial charge in [0.1, 0.15) is 17.7 Å². The zero-order chi connectivity index (χ0) is 10.6.